The topological polar surface area (TPSA) is 75.9 Å². The molecule has 0 unspecified atom stereocenters. The van der Waals surface area contributed by atoms with E-state index >= 15 is 0 Å². The third-order valence-corrected chi connectivity index (χ3v) is 5.91. The van der Waals surface area contributed by atoms with Crippen molar-refractivity contribution in [2.75, 3.05) is 16.8 Å². The van der Waals surface area contributed by atoms with E-state index in [1.807, 2.05) is 44.3 Å². The number of benzene rings is 2. The van der Waals surface area contributed by atoms with Crippen LogP contribution < -0.4 is 10.2 Å². The van der Waals surface area contributed by atoms with E-state index in [0.29, 0.717) is 18.2 Å². The molecule has 0 bridgehead atoms. The minimum atomic E-state index is -4.55. The number of amides is 1. The largest absolute Gasteiger partial charge is 0.416 e. The number of rotatable bonds is 5. The Kier molecular flexibility index (Phi) is 5.50. The van der Waals surface area contributed by atoms with Gasteiger partial charge in [-0.1, -0.05) is 30.3 Å². The Bertz CT molecular complexity index is 1430. The number of fused-ring (bicyclic) bond motifs is 1. The number of alkyl halides is 3. The van der Waals surface area contributed by atoms with Crippen LogP contribution in [-0.2, 0) is 19.8 Å². The number of nitrogens with zero attached hydrogens (tertiary/aromatic N) is 5. The van der Waals surface area contributed by atoms with Crippen molar-refractivity contribution in [3.05, 3.63) is 77.6 Å². The second-order valence-corrected chi connectivity index (χ2v) is 8.16. The van der Waals surface area contributed by atoms with Crippen LogP contribution in [-0.4, -0.2) is 32.2 Å². The van der Waals surface area contributed by atoms with E-state index in [-0.39, 0.29) is 23.5 Å². The molecule has 1 N–H and O–H groups in total. The van der Waals surface area contributed by atoms with Gasteiger partial charge >= 0.3 is 6.18 Å². The molecule has 0 atom stereocenters. The van der Waals surface area contributed by atoms with Crippen LogP contribution in [0, 0.1) is 0 Å². The lowest BCUT2D eigenvalue weighted by Gasteiger charge is -2.19. The van der Waals surface area contributed by atoms with Crippen LogP contribution in [0.4, 0.5) is 24.8 Å². The summed E-state index contributed by atoms with van der Waals surface area (Å²) in [5.41, 5.74) is 1.58. The first-order valence-corrected chi connectivity index (χ1v) is 11.0. The molecular formula is C25H21F3N6O. The molecule has 0 aliphatic carbocycles. The van der Waals surface area contributed by atoms with Crippen molar-refractivity contribution in [2.24, 2.45) is 7.05 Å². The van der Waals surface area contributed by atoms with Crippen LogP contribution in [0.3, 0.4) is 0 Å². The van der Waals surface area contributed by atoms with E-state index in [0.717, 1.165) is 22.8 Å². The Morgan fingerprint density at radius 1 is 1.03 bits per heavy atom. The molecule has 0 fully saturated rings. The maximum atomic E-state index is 13.6. The standard InChI is InChI=1S/C25H21F3N6O/c1-3-29-21-11-15(16-7-4-5-8-17(16)23-32-30-14-33(23)2)12-22(31-21)34-13-19-18(24(34)35)9-6-10-20(19)25(26,27)28/h4-12,14H,3,13H2,1-2H3,(H,29,31). The van der Waals surface area contributed by atoms with Crippen molar-refractivity contribution in [3.63, 3.8) is 0 Å². The van der Waals surface area contributed by atoms with E-state index in [1.54, 1.807) is 17.0 Å². The van der Waals surface area contributed by atoms with Crippen molar-refractivity contribution in [2.45, 2.75) is 19.6 Å². The number of aryl methyl sites for hydroxylation is 1. The minimum absolute atomic E-state index is 0.0384. The number of nitrogens with one attached hydrogen (secondary N) is 1. The van der Waals surface area contributed by atoms with Crippen LogP contribution in [0.2, 0.25) is 0 Å². The van der Waals surface area contributed by atoms with E-state index < -0.39 is 17.6 Å². The molecule has 7 nitrogen and oxygen atoms in total. The van der Waals surface area contributed by atoms with Gasteiger partial charge in [-0.15, -0.1) is 10.2 Å². The molecule has 2 aromatic heterocycles. The highest BCUT2D eigenvalue weighted by Gasteiger charge is 2.40. The van der Waals surface area contributed by atoms with Crippen molar-refractivity contribution >= 4 is 17.5 Å². The summed E-state index contributed by atoms with van der Waals surface area (Å²) < 4.78 is 42.6. The van der Waals surface area contributed by atoms with Crippen molar-refractivity contribution in [1.29, 1.82) is 0 Å². The fourth-order valence-electron chi connectivity index (χ4n) is 4.32. The fourth-order valence-corrected chi connectivity index (χ4v) is 4.32. The predicted octanol–water partition coefficient (Wildman–Crippen LogP) is 5.16. The Morgan fingerprint density at radius 3 is 2.46 bits per heavy atom. The first-order valence-electron chi connectivity index (χ1n) is 11.0. The monoisotopic (exact) mass is 478 g/mol. The highest BCUT2D eigenvalue weighted by atomic mass is 19.4. The van der Waals surface area contributed by atoms with E-state index in [2.05, 4.69) is 20.5 Å². The predicted molar refractivity (Wildman–Crippen MR) is 126 cm³/mol. The zero-order valence-corrected chi connectivity index (χ0v) is 19.0. The highest BCUT2D eigenvalue weighted by Crippen LogP contribution is 2.40. The SMILES string of the molecule is CCNc1cc(-c2ccccc2-c2nncn2C)cc(N2Cc3c(cccc3C(F)(F)F)C2=O)n1. The number of carbonyl (C=O) groups excluding carboxylic acids is 1. The normalized spacial score (nSPS) is 13.3. The summed E-state index contributed by atoms with van der Waals surface area (Å²) in [6, 6.07) is 14.8. The molecule has 5 rings (SSSR count). The summed E-state index contributed by atoms with van der Waals surface area (Å²) in [5.74, 6) is 0.913. The van der Waals surface area contributed by atoms with Crippen LogP contribution in [0.5, 0.6) is 0 Å². The molecule has 1 aliphatic heterocycles. The molecule has 4 aromatic rings. The lowest BCUT2D eigenvalue weighted by molar-refractivity contribution is -0.138. The van der Waals surface area contributed by atoms with Gasteiger partial charge in [-0.2, -0.15) is 13.2 Å². The molecule has 0 spiro atoms. The molecule has 2 aromatic carbocycles. The lowest BCUT2D eigenvalue weighted by atomic mass is 9.99. The van der Waals surface area contributed by atoms with Gasteiger partial charge in [0, 0.05) is 24.7 Å². The number of aromatic nitrogens is 4. The van der Waals surface area contributed by atoms with Gasteiger partial charge in [-0.3, -0.25) is 9.69 Å². The zero-order valence-electron chi connectivity index (χ0n) is 19.0. The Balaban J connectivity index is 1.63. The van der Waals surface area contributed by atoms with Gasteiger partial charge in [0.05, 0.1) is 12.1 Å². The minimum Gasteiger partial charge on any atom is -0.370 e. The molecule has 35 heavy (non-hydrogen) atoms. The van der Waals surface area contributed by atoms with Crippen molar-refractivity contribution in [3.8, 4) is 22.5 Å². The van der Waals surface area contributed by atoms with Gasteiger partial charge in [-0.25, -0.2) is 4.98 Å². The second kappa shape index (κ2) is 8.53. The van der Waals surface area contributed by atoms with Gasteiger partial charge in [0.25, 0.3) is 5.91 Å². The van der Waals surface area contributed by atoms with Crippen LogP contribution in [0.15, 0.2) is 60.9 Å². The van der Waals surface area contributed by atoms with E-state index in [4.69, 9.17) is 0 Å². The summed E-state index contributed by atoms with van der Waals surface area (Å²) in [7, 11) is 1.84. The van der Waals surface area contributed by atoms with Gasteiger partial charge in [0.2, 0.25) is 0 Å². The lowest BCUT2D eigenvalue weighted by Crippen LogP contribution is -2.24. The second-order valence-electron chi connectivity index (χ2n) is 8.16. The Labute approximate surface area is 199 Å². The Morgan fingerprint density at radius 2 is 1.77 bits per heavy atom. The van der Waals surface area contributed by atoms with Gasteiger partial charge < -0.3 is 9.88 Å². The third kappa shape index (κ3) is 4.01. The van der Waals surface area contributed by atoms with Gasteiger partial charge in [0.15, 0.2) is 5.82 Å². The third-order valence-electron chi connectivity index (χ3n) is 5.91. The summed E-state index contributed by atoms with van der Waals surface area (Å²) in [4.78, 5) is 19.0. The van der Waals surface area contributed by atoms with Crippen LogP contribution in [0.1, 0.15) is 28.4 Å². The summed E-state index contributed by atoms with van der Waals surface area (Å²) in [5, 5.41) is 11.3. The molecule has 3 heterocycles. The maximum Gasteiger partial charge on any atom is 0.416 e. The highest BCUT2D eigenvalue weighted by molar-refractivity contribution is 6.10. The van der Waals surface area contributed by atoms with Crippen LogP contribution in [0.25, 0.3) is 22.5 Å². The summed E-state index contributed by atoms with van der Waals surface area (Å²) in [6.07, 6.45) is -2.95. The van der Waals surface area contributed by atoms with E-state index in [1.165, 1.54) is 17.0 Å². The average molecular weight is 478 g/mol. The number of hydrogen-bond donors (Lipinski definition) is 1. The molecule has 1 amide bonds. The van der Waals surface area contributed by atoms with Crippen molar-refractivity contribution < 1.29 is 18.0 Å². The number of anilines is 2. The first kappa shape index (κ1) is 22.6. The van der Waals surface area contributed by atoms with Gasteiger partial charge in [0.1, 0.15) is 18.0 Å². The molecule has 0 saturated heterocycles. The van der Waals surface area contributed by atoms with Gasteiger partial charge in [-0.05, 0) is 47.9 Å². The number of pyridine rings is 1. The van der Waals surface area contributed by atoms with Crippen LogP contribution >= 0.6 is 0 Å². The smallest absolute Gasteiger partial charge is 0.370 e. The number of hydrogen-bond acceptors (Lipinski definition) is 5. The number of halogens is 3. The van der Waals surface area contributed by atoms with Crippen molar-refractivity contribution in [1.82, 2.24) is 19.7 Å². The van der Waals surface area contributed by atoms with E-state index in [9.17, 15) is 18.0 Å². The number of carbonyl (C=O) groups is 1. The molecular weight excluding hydrogens is 457 g/mol. The Hall–Kier alpha value is -4.21. The zero-order chi connectivity index (χ0) is 24.7. The molecule has 0 saturated carbocycles. The summed E-state index contributed by atoms with van der Waals surface area (Å²) in [6.45, 7) is 2.28. The average Bonchev–Trinajstić information content (AvgIpc) is 3.41. The molecule has 10 heteroatoms. The quantitative estimate of drug-likeness (QED) is 0.429. The molecule has 178 valence electrons. The summed E-state index contributed by atoms with van der Waals surface area (Å²) >= 11 is 0. The molecule has 0 radical (unpaired) electrons. The fraction of sp³-hybridized carbons (Fsp3) is 0.200. The molecule has 1 aliphatic rings. The first-order chi connectivity index (χ1) is 16.8. The maximum absolute atomic E-state index is 13.6.